The Morgan fingerprint density at radius 2 is 1.40 bits per heavy atom. The fourth-order valence-corrected chi connectivity index (χ4v) is 2.64. The lowest BCUT2D eigenvalue weighted by atomic mass is 10.1. The number of aryl methyl sites for hydroxylation is 1. The molecule has 2 aromatic carbocycles. The summed E-state index contributed by atoms with van der Waals surface area (Å²) in [6.07, 6.45) is 0. The molecule has 0 amide bonds. The number of aromatic nitrogens is 1. The third-order valence-electron chi connectivity index (χ3n) is 3.60. The Bertz CT molecular complexity index is 929. The smallest absolute Gasteiger partial charge is 0.151 e. The maximum absolute atomic E-state index is 9.46. The fraction of sp³-hybridized carbons (Fsp3) is 0.0526. The number of nitriles is 1. The van der Waals surface area contributed by atoms with Gasteiger partial charge in [0.2, 0.25) is 0 Å². The molecule has 0 saturated carbocycles. The first-order valence-electron chi connectivity index (χ1n) is 7.59. The van der Waals surface area contributed by atoms with Crippen LogP contribution in [0.15, 0.2) is 64.4 Å². The number of hydrogen-bond acceptors (Lipinski definition) is 6. The number of nitrogens with zero attached hydrogens (tertiary/aromatic N) is 2. The Kier molecular flexibility index (Phi) is 5.17. The van der Waals surface area contributed by atoms with E-state index in [-0.39, 0.29) is 0 Å². The number of thiol groups is 2. The normalized spacial score (nSPS) is 10.2. The maximum Gasteiger partial charge on any atom is 0.151 e. The SMILES string of the molecule is Cc1cc(Nc2ccc(S)cc2)nc(Nc2ccc(S)cc2)c1C#N. The van der Waals surface area contributed by atoms with Crippen molar-refractivity contribution in [3.8, 4) is 6.07 Å². The van der Waals surface area contributed by atoms with Gasteiger partial charge in [-0.05, 0) is 67.1 Å². The Hall–Kier alpha value is -2.62. The lowest BCUT2D eigenvalue weighted by Crippen LogP contribution is -2.03. The molecule has 124 valence electrons. The van der Waals surface area contributed by atoms with Gasteiger partial charge in [-0.25, -0.2) is 4.98 Å². The number of benzene rings is 2. The van der Waals surface area contributed by atoms with Gasteiger partial charge in [-0.15, -0.1) is 25.3 Å². The molecule has 3 aromatic rings. The highest BCUT2D eigenvalue weighted by Gasteiger charge is 2.11. The van der Waals surface area contributed by atoms with Crippen molar-refractivity contribution in [1.82, 2.24) is 4.98 Å². The van der Waals surface area contributed by atoms with Gasteiger partial charge in [-0.2, -0.15) is 5.26 Å². The van der Waals surface area contributed by atoms with Crippen molar-refractivity contribution < 1.29 is 0 Å². The molecule has 1 aromatic heterocycles. The summed E-state index contributed by atoms with van der Waals surface area (Å²) in [5.41, 5.74) is 3.11. The first kappa shape index (κ1) is 17.2. The van der Waals surface area contributed by atoms with E-state index in [9.17, 15) is 5.26 Å². The van der Waals surface area contributed by atoms with E-state index in [0.717, 1.165) is 26.7 Å². The van der Waals surface area contributed by atoms with Gasteiger partial charge in [0.1, 0.15) is 11.9 Å². The summed E-state index contributed by atoms with van der Waals surface area (Å²) in [6, 6.07) is 19.3. The third kappa shape index (κ3) is 4.27. The molecule has 0 fully saturated rings. The first-order valence-corrected chi connectivity index (χ1v) is 8.48. The summed E-state index contributed by atoms with van der Waals surface area (Å²) in [5, 5.41) is 15.9. The second-order valence-electron chi connectivity index (χ2n) is 5.50. The van der Waals surface area contributed by atoms with Gasteiger partial charge in [0, 0.05) is 21.2 Å². The summed E-state index contributed by atoms with van der Waals surface area (Å²) in [7, 11) is 0. The van der Waals surface area contributed by atoms with Crippen LogP contribution in [0.5, 0.6) is 0 Å². The summed E-state index contributed by atoms with van der Waals surface area (Å²) in [4.78, 5) is 6.32. The van der Waals surface area contributed by atoms with Crippen LogP contribution in [0.4, 0.5) is 23.0 Å². The molecule has 0 aliphatic heterocycles. The monoisotopic (exact) mass is 364 g/mol. The van der Waals surface area contributed by atoms with Crippen molar-refractivity contribution in [3.63, 3.8) is 0 Å². The van der Waals surface area contributed by atoms with E-state index in [0.29, 0.717) is 17.2 Å². The molecule has 0 radical (unpaired) electrons. The van der Waals surface area contributed by atoms with E-state index in [1.807, 2.05) is 61.5 Å². The van der Waals surface area contributed by atoms with E-state index < -0.39 is 0 Å². The van der Waals surface area contributed by atoms with Crippen molar-refractivity contribution in [2.24, 2.45) is 0 Å². The van der Waals surface area contributed by atoms with E-state index in [4.69, 9.17) is 0 Å². The Labute approximate surface area is 157 Å². The molecule has 0 aliphatic rings. The minimum atomic E-state index is 0.516. The molecule has 0 atom stereocenters. The Morgan fingerprint density at radius 3 is 1.92 bits per heavy atom. The molecule has 0 aliphatic carbocycles. The van der Waals surface area contributed by atoms with E-state index >= 15 is 0 Å². The van der Waals surface area contributed by atoms with Gasteiger partial charge >= 0.3 is 0 Å². The molecule has 6 heteroatoms. The highest BCUT2D eigenvalue weighted by molar-refractivity contribution is 7.80. The molecule has 3 rings (SSSR count). The number of pyridine rings is 1. The van der Waals surface area contributed by atoms with Crippen LogP contribution in [-0.2, 0) is 0 Å². The molecule has 25 heavy (non-hydrogen) atoms. The third-order valence-corrected chi connectivity index (χ3v) is 4.19. The largest absolute Gasteiger partial charge is 0.340 e. The van der Waals surface area contributed by atoms with Crippen LogP contribution in [0.1, 0.15) is 11.1 Å². The summed E-state index contributed by atoms with van der Waals surface area (Å²) in [6.45, 7) is 1.89. The summed E-state index contributed by atoms with van der Waals surface area (Å²) >= 11 is 8.57. The van der Waals surface area contributed by atoms with Crippen LogP contribution in [0.2, 0.25) is 0 Å². The average molecular weight is 364 g/mol. The van der Waals surface area contributed by atoms with Gasteiger partial charge in [0.05, 0.1) is 5.56 Å². The minimum Gasteiger partial charge on any atom is -0.340 e. The van der Waals surface area contributed by atoms with E-state index in [1.54, 1.807) is 0 Å². The zero-order valence-electron chi connectivity index (χ0n) is 13.5. The molecule has 4 nitrogen and oxygen atoms in total. The first-order chi connectivity index (χ1) is 12.0. The maximum atomic E-state index is 9.46. The molecule has 0 bridgehead atoms. The molecule has 0 unspecified atom stereocenters. The quantitative estimate of drug-likeness (QED) is 0.473. The summed E-state index contributed by atoms with van der Waals surface area (Å²) < 4.78 is 0. The zero-order valence-corrected chi connectivity index (χ0v) is 15.3. The highest BCUT2D eigenvalue weighted by atomic mass is 32.1. The molecule has 1 heterocycles. The van der Waals surface area contributed by atoms with Crippen molar-refractivity contribution in [2.75, 3.05) is 10.6 Å². The van der Waals surface area contributed by atoms with Crippen LogP contribution >= 0.6 is 25.3 Å². The van der Waals surface area contributed by atoms with Crippen LogP contribution in [0, 0.1) is 18.3 Å². The fourth-order valence-electron chi connectivity index (χ4n) is 2.34. The Balaban J connectivity index is 1.93. The zero-order chi connectivity index (χ0) is 17.8. The van der Waals surface area contributed by atoms with Crippen LogP contribution in [-0.4, -0.2) is 4.98 Å². The predicted molar refractivity (Wildman–Crippen MR) is 108 cm³/mol. The Morgan fingerprint density at radius 1 is 0.880 bits per heavy atom. The molecule has 2 N–H and O–H groups in total. The van der Waals surface area contributed by atoms with Gasteiger partial charge in [-0.3, -0.25) is 0 Å². The van der Waals surface area contributed by atoms with Crippen molar-refractivity contribution >= 4 is 48.3 Å². The molecule has 0 spiro atoms. The van der Waals surface area contributed by atoms with Crippen molar-refractivity contribution in [1.29, 1.82) is 5.26 Å². The highest BCUT2D eigenvalue weighted by Crippen LogP contribution is 2.26. The van der Waals surface area contributed by atoms with Crippen LogP contribution < -0.4 is 10.6 Å². The van der Waals surface area contributed by atoms with Crippen molar-refractivity contribution in [2.45, 2.75) is 16.7 Å². The average Bonchev–Trinajstić information content (AvgIpc) is 2.59. The van der Waals surface area contributed by atoms with Crippen LogP contribution in [0.3, 0.4) is 0 Å². The van der Waals surface area contributed by atoms with Crippen LogP contribution in [0.25, 0.3) is 0 Å². The number of anilines is 4. The van der Waals surface area contributed by atoms with E-state index in [1.165, 1.54) is 0 Å². The van der Waals surface area contributed by atoms with Gasteiger partial charge < -0.3 is 10.6 Å². The lowest BCUT2D eigenvalue weighted by molar-refractivity contribution is 1.24. The number of rotatable bonds is 4. The van der Waals surface area contributed by atoms with Gasteiger partial charge in [0.25, 0.3) is 0 Å². The number of nitrogens with one attached hydrogen (secondary N) is 2. The minimum absolute atomic E-state index is 0.516. The second kappa shape index (κ2) is 7.51. The molecular weight excluding hydrogens is 348 g/mol. The lowest BCUT2D eigenvalue weighted by Gasteiger charge is -2.13. The summed E-state index contributed by atoms with van der Waals surface area (Å²) in [5.74, 6) is 1.18. The molecule has 0 saturated heterocycles. The number of hydrogen-bond donors (Lipinski definition) is 4. The van der Waals surface area contributed by atoms with Gasteiger partial charge in [-0.1, -0.05) is 0 Å². The molecular formula is C19H16N4S2. The second-order valence-corrected chi connectivity index (χ2v) is 6.54. The topological polar surface area (TPSA) is 60.7 Å². The van der Waals surface area contributed by atoms with E-state index in [2.05, 4.69) is 46.9 Å². The standard InChI is InChI=1S/C19H16N4S2/c1-12-10-18(21-13-2-6-15(24)7-3-13)23-19(17(12)11-20)22-14-4-8-16(25)9-5-14/h2-10,24-25H,1H3,(H2,21,22,23). The van der Waals surface area contributed by atoms with Crippen molar-refractivity contribution in [3.05, 3.63) is 65.7 Å². The predicted octanol–water partition coefficient (Wildman–Crippen LogP) is 5.33. The van der Waals surface area contributed by atoms with Gasteiger partial charge in [0.15, 0.2) is 5.82 Å².